The zero-order chi connectivity index (χ0) is 14.4. The van der Waals surface area contributed by atoms with Gasteiger partial charge in [0.25, 0.3) is 0 Å². The Bertz CT molecular complexity index is 439. The molecular formula is C14H22FNO2S. The molecule has 0 bridgehead atoms. The van der Waals surface area contributed by atoms with E-state index in [2.05, 4.69) is 12.2 Å². The summed E-state index contributed by atoms with van der Waals surface area (Å²) in [6.45, 7) is 4.08. The quantitative estimate of drug-likeness (QED) is 0.838. The summed E-state index contributed by atoms with van der Waals surface area (Å²) in [6.07, 6.45) is 2.56. The highest BCUT2D eigenvalue weighted by atomic mass is 32.2. The van der Waals surface area contributed by atoms with Gasteiger partial charge in [-0.1, -0.05) is 6.07 Å². The molecule has 0 heterocycles. The number of methoxy groups -OCH3 is 1. The fourth-order valence-corrected chi connectivity index (χ4v) is 2.58. The lowest BCUT2D eigenvalue weighted by Crippen LogP contribution is -2.30. The second-order valence-electron chi connectivity index (χ2n) is 4.75. The number of nitrogens with one attached hydrogen (secondary N) is 1. The third kappa shape index (κ3) is 5.28. The van der Waals surface area contributed by atoms with Crippen molar-refractivity contribution in [1.29, 1.82) is 0 Å². The number of ether oxygens (including phenoxy) is 1. The molecule has 0 amide bonds. The Morgan fingerprint density at radius 2 is 2.11 bits per heavy atom. The summed E-state index contributed by atoms with van der Waals surface area (Å²) in [4.78, 5) is 0. The van der Waals surface area contributed by atoms with Crippen LogP contribution in [0.2, 0.25) is 0 Å². The van der Waals surface area contributed by atoms with E-state index in [4.69, 9.17) is 4.74 Å². The summed E-state index contributed by atoms with van der Waals surface area (Å²) in [5.41, 5.74) is 0.975. The number of benzene rings is 1. The second kappa shape index (κ2) is 7.60. The maximum absolute atomic E-state index is 13.3. The van der Waals surface area contributed by atoms with Crippen LogP contribution in [-0.2, 0) is 10.8 Å². The van der Waals surface area contributed by atoms with E-state index in [1.54, 1.807) is 18.4 Å². The van der Waals surface area contributed by atoms with Gasteiger partial charge in [0.05, 0.1) is 7.11 Å². The molecule has 0 saturated heterocycles. The van der Waals surface area contributed by atoms with Gasteiger partial charge in [-0.25, -0.2) is 4.39 Å². The fraction of sp³-hybridized carbons (Fsp3) is 0.571. The van der Waals surface area contributed by atoms with Crippen molar-refractivity contribution in [3.63, 3.8) is 0 Å². The van der Waals surface area contributed by atoms with Crippen molar-refractivity contribution in [2.24, 2.45) is 0 Å². The van der Waals surface area contributed by atoms with E-state index in [0.717, 1.165) is 12.0 Å². The van der Waals surface area contributed by atoms with Crippen molar-refractivity contribution in [3.05, 3.63) is 29.6 Å². The molecule has 108 valence electrons. The van der Waals surface area contributed by atoms with Gasteiger partial charge in [-0.05, 0) is 38.0 Å². The average molecular weight is 287 g/mol. The van der Waals surface area contributed by atoms with Crippen molar-refractivity contribution in [3.8, 4) is 5.75 Å². The Balaban J connectivity index is 2.62. The normalized spacial score (nSPS) is 15.8. The first-order valence-corrected chi connectivity index (χ1v) is 8.06. The lowest BCUT2D eigenvalue weighted by molar-refractivity contribution is 0.384. The fourth-order valence-electron chi connectivity index (χ4n) is 1.89. The average Bonchev–Trinajstić information content (AvgIpc) is 2.36. The van der Waals surface area contributed by atoms with E-state index in [0.29, 0.717) is 5.75 Å². The van der Waals surface area contributed by atoms with Crippen LogP contribution in [0.25, 0.3) is 0 Å². The van der Waals surface area contributed by atoms with Gasteiger partial charge in [-0.3, -0.25) is 4.21 Å². The molecule has 1 N–H and O–H groups in total. The van der Waals surface area contributed by atoms with Crippen LogP contribution in [0.3, 0.4) is 0 Å². The van der Waals surface area contributed by atoms with Gasteiger partial charge < -0.3 is 10.1 Å². The van der Waals surface area contributed by atoms with Crippen molar-refractivity contribution >= 4 is 10.8 Å². The van der Waals surface area contributed by atoms with Gasteiger partial charge in [0, 0.05) is 34.9 Å². The van der Waals surface area contributed by atoms with E-state index in [9.17, 15) is 8.60 Å². The molecule has 5 heteroatoms. The van der Waals surface area contributed by atoms with Crippen LogP contribution in [0.1, 0.15) is 31.9 Å². The van der Waals surface area contributed by atoms with Gasteiger partial charge in [0.1, 0.15) is 0 Å². The Morgan fingerprint density at radius 3 is 2.68 bits per heavy atom. The van der Waals surface area contributed by atoms with Crippen LogP contribution in [0.15, 0.2) is 18.2 Å². The summed E-state index contributed by atoms with van der Waals surface area (Å²) >= 11 is 0. The highest BCUT2D eigenvalue weighted by molar-refractivity contribution is 7.84. The molecule has 0 aliphatic rings. The van der Waals surface area contributed by atoms with E-state index in [1.807, 2.05) is 6.92 Å². The molecule has 0 radical (unpaired) electrons. The molecule has 1 aromatic rings. The summed E-state index contributed by atoms with van der Waals surface area (Å²) in [7, 11) is 0.695. The van der Waals surface area contributed by atoms with E-state index < -0.39 is 10.8 Å². The van der Waals surface area contributed by atoms with Crippen molar-refractivity contribution < 1.29 is 13.3 Å². The molecule has 1 aromatic carbocycles. The molecule has 3 unspecified atom stereocenters. The van der Waals surface area contributed by atoms with Crippen LogP contribution in [0, 0.1) is 5.82 Å². The molecule has 0 aliphatic heterocycles. The molecule has 1 rings (SSSR count). The van der Waals surface area contributed by atoms with E-state index >= 15 is 0 Å². The van der Waals surface area contributed by atoms with Gasteiger partial charge in [-0.2, -0.15) is 0 Å². The number of halogens is 1. The lowest BCUT2D eigenvalue weighted by atomic mass is 10.1. The minimum Gasteiger partial charge on any atom is -0.494 e. The molecule has 19 heavy (non-hydrogen) atoms. The molecule has 0 saturated carbocycles. The van der Waals surface area contributed by atoms with Crippen molar-refractivity contribution in [1.82, 2.24) is 5.32 Å². The standard InChI is InChI=1S/C14H22FNO2S/c1-10(7-8-19(4)17)16-11(2)12-5-6-13(15)14(9-12)18-3/h5-6,9-11,16H,7-8H2,1-4H3. The van der Waals surface area contributed by atoms with Crippen LogP contribution in [0.4, 0.5) is 4.39 Å². The smallest absolute Gasteiger partial charge is 0.165 e. The molecule has 3 nitrogen and oxygen atoms in total. The van der Waals surface area contributed by atoms with Gasteiger partial charge in [-0.15, -0.1) is 0 Å². The Kier molecular flexibility index (Phi) is 6.45. The highest BCUT2D eigenvalue weighted by Gasteiger charge is 2.12. The predicted molar refractivity (Wildman–Crippen MR) is 77.5 cm³/mol. The first kappa shape index (κ1) is 16.1. The van der Waals surface area contributed by atoms with Gasteiger partial charge in [0.15, 0.2) is 11.6 Å². The molecular weight excluding hydrogens is 265 g/mol. The third-order valence-corrected chi connectivity index (χ3v) is 3.86. The number of hydrogen-bond acceptors (Lipinski definition) is 3. The van der Waals surface area contributed by atoms with Gasteiger partial charge >= 0.3 is 0 Å². The zero-order valence-electron chi connectivity index (χ0n) is 11.9. The first-order chi connectivity index (χ1) is 8.93. The summed E-state index contributed by atoms with van der Waals surface area (Å²) < 4.78 is 29.4. The SMILES string of the molecule is COc1cc(C(C)NC(C)CCS(C)=O)ccc1F. The predicted octanol–water partition coefficient (Wildman–Crippen LogP) is 2.64. The van der Waals surface area contributed by atoms with Crippen LogP contribution in [0.5, 0.6) is 5.75 Å². The van der Waals surface area contributed by atoms with Crippen LogP contribution < -0.4 is 10.1 Å². The van der Waals surface area contributed by atoms with Crippen LogP contribution in [-0.4, -0.2) is 29.4 Å². The van der Waals surface area contributed by atoms with Crippen molar-refractivity contribution in [2.45, 2.75) is 32.4 Å². The highest BCUT2D eigenvalue weighted by Crippen LogP contribution is 2.22. The van der Waals surface area contributed by atoms with E-state index in [1.165, 1.54) is 13.2 Å². The minimum atomic E-state index is -0.763. The van der Waals surface area contributed by atoms with E-state index in [-0.39, 0.29) is 23.7 Å². The van der Waals surface area contributed by atoms with Crippen LogP contribution >= 0.6 is 0 Å². The number of rotatable bonds is 7. The van der Waals surface area contributed by atoms with Gasteiger partial charge in [0.2, 0.25) is 0 Å². The summed E-state index contributed by atoms with van der Waals surface area (Å²) in [5.74, 6) is 0.592. The monoisotopic (exact) mass is 287 g/mol. The Morgan fingerprint density at radius 1 is 1.42 bits per heavy atom. The first-order valence-electron chi connectivity index (χ1n) is 6.33. The Labute approximate surface area is 117 Å². The summed E-state index contributed by atoms with van der Waals surface area (Å²) in [5, 5.41) is 3.41. The lowest BCUT2D eigenvalue weighted by Gasteiger charge is -2.20. The minimum absolute atomic E-state index is 0.0924. The summed E-state index contributed by atoms with van der Waals surface area (Å²) in [6, 6.07) is 5.22. The molecule has 0 fully saturated rings. The molecule has 0 spiro atoms. The second-order valence-corrected chi connectivity index (χ2v) is 6.30. The maximum Gasteiger partial charge on any atom is 0.165 e. The topological polar surface area (TPSA) is 38.3 Å². The molecule has 0 aromatic heterocycles. The van der Waals surface area contributed by atoms with Crippen molar-refractivity contribution in [2.75, 3.05) is 19.1 Å². The zero-order valence-corrected chi connectivity index (χ0v) is 12.7. The largest absolute Gasteiger partial charge is 0.494 e. The number of hydrogen-bond donors (Lipinski definition) is 1. The maximum atomic E-state index is 13.3. The molecule has 0 aliphatic carbocycles. The molecule has 3 atom stereocenters. The third-order valence-electron chi connectivity index (χ3n) is 3.05. The Hall–Kier alpha value is -0.940.